The molecule has 0 atom stereocenters. The molecule has 0 N–H and O–H groups in total. The van der Waals surface area contributed by atoms with Crippen molar-refractivity contribution in [2.75, 3.05) is 11.9 Å². The van der Waals surface area contributed by atoms with Gasteiger partial charge in [0.1, 0.15) is 5.01 Å². The number of thiazole rings is 1. The fourth-order valence-electron chi connectivity index (χ4n) is 2.36. The van der Waals surface area contributed by atoms with E-state index in [1.54, 1.807) is 11.3 Å². The largest absolute Gasteiger partial charge is 0.367 e. The van der Waals surface area contributed by atoms with Crippen molar-refractivity contribution in [3.8, 4) is 0 Å². The van der Waals surface area contributed by atoms with Crippen LogP contribution in [0.2, 0.25) is 0 Å². The molecule has 0 unspecified atom stereocenters. The van der Waals surface area contributed by atoms with Crippen molar-refractivity contribution < 1.29 is 0 Å². The van der Waals surface area contributed by atoms with Crippen LogP contribution in [-0.4, -0.2) is 17.0 Å². The second-order valence-corrected chi connectivity index (χ2v) is 5.98. The lowest BCUT2D eigenvalue weighted by atomic mass is 10.1. The lowest BCUT2D eigenvalue weighted by molar-refractivity contribution is 0.907. The van der Waals surface area contributed by atoms with Crippen LogP contribution in [0.1, 0.15) is 16.4 Å². The summed E-state index contributed by atoms with van der Waals surface area (Å²) >= 11 is 1.71. The molecule has 0 radical (unpaired) electrons. The number of nitrogens with zero attached hydrogens (tertiary/aromatic N) is 3. The summed E-state index contributed by atoms with van der Waals surface area (Å²) in [5.74, 6) is 0. The molecule has 0 aliphatic carbocycles. The quantitative estimate of drug-likeness (QED) is 0.729. The lowest BCUT2D eigenvalue weighted by Crippen LogP contribution is -2.17. The summed E-state index contributed by atoms with van der Waals surface area (Å²) in [5.41, 5.74) is 4.39. The van der Waals surface area contributed by atoms with Gasteiger partial charge in [0.15, 0.2) is 0 Å². The first-order valence-corrected chi connectivity index (χ1v) is 7.50. The molecule has 0 saturated carbocycles. The zero-order valence-electron chi connectivity index (χ0n) is 11.9. The molecule has 0 amide bonds. The van der Waals surface area contributed by atoms with Gasteiger partial charge in [-0.05, 0) is 26.0 Å². The standard InChI is InChI=1S/C16H17N3S/c1-11-8-15(13-6-4-5-7-14(13)17-11)19(3)9-16-18-12(2)10-20-16/h4-8,10H,9H2,1-3H3. The Morgan fingerprint density at radius 1 is 1.10 bits per heavy atom. The van der Waals surface area contributed by atoms with E-state index in [-0.39, 0.29) is 0 Å². The van der Waals surface area contributed by atoms with Gasteiger partial charge in [-0.3, -0.25) is 4.98 Å². The first-order chi connectivity index (χ1) is 9.63. The highest BCUT2D eigenvalue weighted by Crippen LogP contribution is 2.27. The Balaban J connectivity index is 2.00. The van der Waals surface area contributed by atoms with Crippen LogP contribution in [0, 0.1) is 13.8 Å². The topological polar surface area (TPSA) is 29.0 Å². The van der Waals surface area contributed by atoms with Gasteiger partial charge in [0, 0.05) is 34.9 Å². The summed E-state index contributed by atoms with van der Waals surface area (Å²) < 4.78 is 0. The molecule has 4 heteroatoms. The molecule has 20 heavy (non-hydrogen) atoms. The number of fused-ring (bicyclic) bond motifs is 1. The van der Waals surface area contributed by atoms with Gasteiger partial charge < -0.3 is 4.90 Å². The minimum atomic E-state index is 0.825. The Kier molecular flexibility index (Phi) is 3.40. The zero-order chi connectivity index (χ0) is 14.1. The van der Waals surface area contributed by atoms with Gasteiger partial charge in [-0.25, -0.2) is 4.98 Å². The molecule has 0 saturated heterocycles. The third-order valence-electron chi connectivity index (χ3n) is 3.27. The second kappa shape index (κ2) is 5.21. The SMILES string of the molecule is Cc1csc(CN(C)c2cc(C)nc3ccccc23)n1. The molecular weight excluding hydrogens is 266 g/mol. The normalized spacial score (nSPS) is 10.9. The average Bonchev–Trinajstić information content (AvgIpc) is 2.83. The second-order valence-electron chi connectivity index (χ2n) is 5.04. The first kappa shape index (κ1) is 13.1. The number of aryl methyl sites for hydroxylation is 2. The van der Waals surface area contributed by atoms with Crippen molar-refractivity contribution >= 4 is 27.9 Å². The third kappa shape index (κ3) is 2.51. The van der Waals surface area contributed by atoms with Gasteiger partial charge in [0.05, 0.1) is 12.1 Å². The maximum Gasteiger partial charge on any atom is 0.112 e. The summed E-state index contributed by atoms with van der Waals surface area (Å²) in [6.07, 6.45) is 0. The Bertz CT molecular complexity index is 748. The van der Waals surface area contributed by atoms with Gasteiger partial charge in [0.25, 0.3) is 0 Å². The molecular formula is C16H17N3S. The number of para-hydroxylation sites is 1. The molecule has 1 aromatic carbocycles. The van der Waals surface area contributed by atoms with Crippen LogP contribution in [0.25, 0.3) is 10.9 Å². The van der Waals surface area contributed by atoms with Crippen molar-refractivity contribution in [2.45, 2.75) is 20.4 Å². The first-order valence-electron chi connectivity index (χ1n) is 6.62. The van der Waals surface area contributed by atoms with Crippen LogP contribution in [-0.2, 0) is 6.54 Å². The molecule has 3 nitrogen and oxygen atoms in total. The highest BCUT2D eigenvalue weighted by Gasteiger charge is 2.10. The maximum atomic E-state index is 4.59. The van der Waals surface area contributed by atoms with E-state index in [1.165, 1.54) is 11.1 Å². The number of hydrogen-bond acceptors (Lipinski definition) is 4. The number of hydrogen-bond donors (Lipinski definition) is 0. The molecule has 3 aromatic rings. The lowest BCUT2D eigenvalue weighted by Gasteiger charge is -2.20. The van der Waals surface area contributed by atoms with Crippen molar-refractivity contribution in [3.63, 3.8) is 0 Å². The number of pyridine rings is 1. The van der Waals surface area contributed by atoms with Gasteiger partial charge in [-0.1, -0.05) is 18.2 Å². The van der Waals surface area contributed by atoms with E-state index in [0.29, 0.717) is 0 Å². The van der Waals surface area contributed by atoms with Crippen LogP contribution >= 0.6 is 11.3 Å². The number of anilines is 1. The van der Waals surface area contributed by atoms with Crippen molar-refractivity contribution in [3.05, 3.63) is 52.1 Å². The highest BCUT2D eigenvalue weighted by molar-refractivity contribution is 7.09. The van der Waals surface area contributed by atoms with E-state index >= 15 is 0 Å². The van der Waals surface area contributed by atoms with E-state index in [1.807, 2.05) is 19.9 Å². The fraction of sp³-hybridized carbons (Fsp3) is 0.250. The van der Waals surface area contributed by atoms with Crippen LogP contribution in [0.3, 0.4) is 0 Å². The Morgan fingerprint density at radius 2 is 1.90 bits per heavy atom. The molecule has 3 rings (SSSR count). The maximum absolute atomic E-state index is 4.59. The van der Waals surface area contributed by atoms with Gasteiger partial charge in [-0.2, -0.15) is 0 Å². The minimum absolute atomic E-state index is 0.825. The van der Waals surface area contributed by atoms with E-state index in [9.17, 15) is 0 Å². The molecule has 2 heterocycles. The van der Waals surface area contributed by atoms with Crippen LogP contribution < -0.4 is 4.90 Å². The zero-order valence-corrected chi connectivity index (χ0v) is 12.7. The Labute approximate surface area is 122 Å². The summed E-state index contributed by atoms with van der Waals surface area (Å²) in [4.78, 5) is 11.4. The van der Waals surface area contributed by atoms with E-state index in [2.05, 4.69) is 51.6 Å². The summed E-state index contributed by atoms with van der Waals surface area (Å²) in [6, 6.07) is 10.4. The minimum Gasteiger partial charge on any atom is -0.367 e. The smallest absolute Gasteiger partial charge is 0.112 e. The van der Waals surface area contributed by atoms with E-state index in [0.717, 1.165) is 28.5 Å². The van der Waals surface area contributed by atoms with Crippen LogP contribution in [0.5, 0.6) is 0 Å². The predicted octanol–water partition coefficient (Wildman–Crippen LogP) is 3.94. The van der Waals surface area contributed by atoms with Crippen LogP contribution in [0.4, 0.5) is 5.69 Å². The summed E-state index contributed by atoms with van der Waals surface area (Å²) in [5, 5.41) is 4.43. The van der Waals surface area contributed by atoms with Crippen LogP contribution in [0.15, 0.2) is 35.7 Å². The fourth-order valence-corrected chi connectivity index (χ4v) is 3.19. The monoisotopic (exact) mass is 283 g/mol. The summed E-state index contributed by atoms with van der Waals surface area (Å²) in [7, 11) is 2.11. The molecule has 0 aliphatic rings. The van der Waals surface area contributed by atoms with Crippen molar-refractivity contribution in [1.29, 1.82) is 0 Å². The molecule has 0 fully saturated rings. The molecule has 0 bridgehead atoms. The summed E-state index contributed by atoms with van der Waals surface area (Å²) in [6.45, 7) is 4.90. The number of rotatable bonds is 3. The number of benzene rings is 1. The average molecular weight is 283 g/mol. The van der Waals surface area contributed by atoms with Gasteiger partial charge >= 0.3 is 0 Å². The molecule has 102 valence electrons. The van der Waals surface area contributed by atoms with Gasteiger partial charge in [-0.15, -0.1) is 11.3 Å². The highest BCUT2D eigenvalue weighted by atomic mass is 32.1. The molecule has 0 aliphatic heterocycles. The van der Waals surface area contributed by atoms with E-state index in [4.69, 9.17) is 0 Å². The number of aromatic nitrogens is 2. The Hall–Kier alpha value is -1.94. The van der Waals surface area contributed by atoms with Gasteiger partial charge in [0.2, 0.25) is 0 Å². The Morgan fingerprint density at radius 3 is 2.65 bits per heavy atom. The molecule has 2 aromatic heterocycles. The van der Waals surface area contributed by atoms with E-state index < -0.39 is 0 Å². The molecule has 0 spiro atoms. The predicted molar refractivity (Wildman–Crippen MR) is 85.4 cm³/mol. The van der Waals surface area contributed by atoms with Crippen molar-refractivity contribution in [1.82, 2.24) is 9.97 Å². The van der Waals surface area contributed by atoms with Crippen molar-refractivity contribution in [2.24, 2.45) is 0 Å². The third-order valence-corrected chi connectivity index (χ3v) is 4.22.